The van der Waals surface area contributed by atoms with E-state index in [2.05, 4.69) is 10.1 Å². The maximum absolute atomic E-state index is 13.5. The van der Waals surface area contributed by atoms with Gasteiger partial charge in [0.1, 0.15) is 11.5 Å². The van der Waals surface area contributed by atoms with E-state index in [0.29, 0.717) is 28.8 Å². The number of aromatic nitrogens is 3. The maximum atomic E-state index is 13.5. The maximum Gasteiger partial charge on any atom is 0.170 e. The Morgan fingerprint density at radius 2 is 1.90 bits per heavy atom. The second-order valence-corrected chi connectivity index (χ2v) is 4.60. The number of nitrogens with zero attached hydrogens (tertiary/aromatic N) is 3. The molecule has 3 aromatic rings. The molecule has 0 bridgehead atoms. The Morgan fingerprint density at radius 1 is 1.14 bits per heavy atom. The first-order chi connectivity index (χ1) is 10.2. The van der Waals surface area contributed by atoms with Crippen molar-refractivity contribution in [3.05, 3.63) is 60.3 Å². The lowest BCUT2D eigenvalue weighted by Crippen LogP contribution is -1.95. The fourth-order valence-electron chi connectivity index (χ4n) is 2.40. The largest absolute Gasteiger partial charge is 0.296 e. The fraction of sp³-hybridized carbons (Fsp3) is 0.0625. The van der Waals surface area contributed by atoms with Crippen LogP contribution in [0.4, 0.5) is 4.39 Å². The summed E-state index contributed by atoms with van der Waals surface area (Å²) < 4.78 is 15.1. The van der Waals surface area contributed by atoms with Gasteiger partial charge in [-0.2, -0.15) is 5.10 Å². The van der Waals surface area contributed by atoms with Gasteiger partial charge in [0.25, 0.3) is 0 Å². The molecule has 0 fully saturated rings. The molecular formula is C16H12FN3O. The van der Waals surface area contributed by atoms with Crippen LogP contribution in [0.5, 0.6) is 0 Å². The van der Waals surface area contributed by atoms with Crippen molar-refractivity contribution in [1.29, 1.82) is 0 Å². The van der Waals surface area contributed by atoms with Crippen molar-refractivity contribution < 1.29 is 9.18 Å². The van der Waals surface area contributed by atoms with Gasteiger partial charge in [-0.05, 0) is 29.8 Å². The first-order valence-electron chi connectivity index (χ1n) is 6.39. The lowest BCUT2D eigenvalue weighted by Gasteiger charge is -2.07. The predicted molar refractivity (Wildman–Crippen MR) is 77.2 cm³/mol. The minimum absolute atomic E-state index is 0.322. The number of hydrogen-bond donors (Lipinski definition) is 0. The molecule has 0 saturated carbocycles. The van der Waals surface area contributed by atoms with Gasteiger partial charge in [-0.15, -0.1) is 0 Å². The molecule has 21 heavy (non-hydrogen) atoms. The number of carbonyl (C=O) groups is 1. The number of halogens is 1. The van der Waals surface area contributed by atoms with Gasteiger partial charge in [-0.1, -0.05) is 12.1 Å². The van der Waals surface area contributed by atoms with E-state index in [4.69, 9.17) is 0 Å². The molecule has 0 unspecified atom stereocenters. The summed E-state index contributed by atoms with van der Waals surface area (Å²) >= 11 is 0. The van der Waals surface area contributed by atoms with Crippen LogP contribution in [-0.4, -0.2) is 21.1 Å². The zero-order chi connectivity index (χ0) is 14.8. The average Bonchev–Trinajstić information content (AvgIpc) is 2.84. The summed E-state index contributed by atoms with van der Waals surface area (Å²) in [5, 5.41) is 4.22. The van der Waals surface area contributed by atoms with E-state index < -0.39 is 0 Å². The summed E-state index contributed by atoms with van der Waals surface area (Å²) in [4.78, 5) is 15.3. The van der Waals surface area contributed by atoms with Gasteiger partial charge in [0, 0.05) is 30.6 Å². The van der Waals surface area contributed by atoms with Gasteiger partial charge in [-0.25, -0.2) is 4.39 Å². The summed E-state index contributed by atoms with van der Waals surface area (Å²) in [5.41, 5.74) is 3.19. The average molecular weight is 281 g/mol. The number of aryl methyl sites for hydroxylation is 1. The van der Waals surface area contributed by atoms with E-state index >= 15 is 0 Å². The highest BCUT2D eigenvalue weighted by atomic mass is 19.1. The molecule has 0 N–H and O–H groups in total. The van der Waals surface area contributed by atoms with Crippen molar-refractivity contribution >= 4 is 6.29 Å². The standard InChI is InChI=1S/C16H12FN3O/c1-20-16(12-3-2-4-13(17)9-12)15(14(10-21)19-20)11-5-7-18-8-6-11/h2-10H,1H3. The number of rotatable bonds is 3. The van der Waals surface area contributed by atoms with Crippen LogP contribution in [0.15, 0.2) is 48.8 Å². The molecule has 0 aliphatic carbocycles. The zero-order valence-electron chi connectivity index (χ0n) is 11.3. The molecule has 104 valence electrons. The van der Waals surface area contributed by atoms with Crippen molar-refractivity contribution in [2.75, 3.05) is 0 Å². The molecule has 5 heteroatoms. The first-order valence-corrected chi connectivity index (χ1v) is 6.39. The molecule has 1 aromatic carbocycles. The molecule has 0 saturated heterocycles. The van der Waals surface area contributed by atoms with Crippen molar-refractivity contribution in [3.63, 3.8) is 0 Å². The summed E-state index contributed by atoms with van der Waals surface area (Å²) in [5.74, 6) is -0.331. The monoisotopic (exact) mass is 281 g/mol. The van der Waals surface area contributed by atoms with Crippen LogP contribution in [-0.2, 0) is 7.05 Å². The van der Waals surface area contributed by atoms with Crippen LogP contribution in [0.2, 0.25) is 0 Å². The Kier molecular flexibility index (Phi) is 3.31. The van der Waals surface area contributed by atoms with Gasteiger partial charge in [0.05, 0.1) is 5.69 Å². The molecule has 0 aliphatic rings. The Morgan fingerprint density at radius 3 is 2.57 bits per heavy atom. The van der Waals surface area contributed by atoms with Gasteiger partial charge in [-0.3, -0.25) is 14.5 Å². The first kappa shape index (κ1) is 13.2. The number of carbonyl (C=O) groups excluding carboxylic acids is 1. The molecule has 2 aromatic heterocycles. The van der Waals surface area contributed by atoms with Crippen LogP contribution < -0.4 is 0 Å². The third-order valence-corrected chi connectivity index (χ3v) is 3.25. The predicted octanol–water partition coefficient (Wildman–Crippen LogP) is 3.10. The molecule has 0 amide bonds. The van der Waals surface area contributed by atoms with Crippen LogP contribution in [0.1, 0.15) is 10.5 Å². The van der Waals surface area contributed by atoms with Crippen LogP contribution in [0, 0.1) is 5.82 Å². The molecule has 0 aliphatic heterocycles. The van der Waals surface area contributed by atoms with Crippen LogP contribution in [0.3, 0.4) is 0 Å². The normalized spacial score (nSPS) is 10.6. The Hall–Kier alpha value is -2.82. The van der Waals surface area contributed by atoms with Gasteiger partial charge in [0.2, 0.25) is 0 Å². The van der Waals surface area contributed by atoms with E-state index in [9.17, 15) is 9.18 Å². The van der Waals surface area contributed by atoms with E-state index in [0.717, 1.165) is 5.56 Å². The smallest absolute Gasteiger partial charge is 0.170 e. The molecule has 0 atom stereocenters. The topological polar surface area (TPSA) is 47.8 Å². The summed E-state index contributed by atoms with van der Waals surface area (Å²) in [6, 6.07) is 9.83. The fourth-order valence-corrected chi connectivity index (χ4v) is 2.40. The quantitative estimate of drug-likeness (QED) is 0.693. The minimum atomic E-state index is -0.331. The summed E-state index contributed by atoms with van der Waals surface area (Å²) in [6.07, 6.45) is 4.00. The number of hydrogen-bond acceptors (Lipinski definition) is 3. The Balaban J connectivity index is 2.30. The highest BCUT2D eigenvalue weighted by Gasteiger charge is 2.19. The lowest BCUT2D eigenvalue weighted by molar-refractivity contribution is 0.111. The molecule has 0 spiro atoms. The van der Waals surface area contributed by atoms with Crippen molar-refractivity contribution in [1.82, 2.24) is 14.8 Å². The van der Waals surface area contributed by atoms with Gasteiger partial charge < -0.3 is 0 Å². The lowest BCUT2D eigenvalue weighted by atomic mass is 10.00. The van der Waals surface area contributed by atoms with Crippen molar-refractivity contribution in [2.24, 2.45) is 7.05 Å². The summed E-state index contributed by atoms with van der Waals surface area (Å²) in [7, 11) is 1.73. The molecular weight excluding hydrogens is 269 g/mol. The van der Waals surface area contributed by atoms with Gasteiger partial charge >= 0.3 is 0 Å². The third kappa shape index (κ3) is 2.33. The van der Waals surface area contributed by atoms with E-state index in [1.54, 1.807) is 48.4 Å². The van der Waals surface area contributed by atoms with Gasteiger partial charge in [0.15, 0.2) is 6.29 Å². The van der Waals surface area contributed by atoms with E-state index in [-0.39, 0.29) is 5.82 Å². The highest BCUT2D eigenvalue weighted by Crippen LogP contribution is 2.34. The number of pyridine rings is 1. The van der Waals surface area contributed by atoms with E-state index in [1.807, 2.05) is 0 Å². The molecule has 0 radical (unpaired) electrons. The Labute approximate surface area is 120 Å². The van der Waals surface area contributed by atoms with Crippen molar-refractivity contribution in [3.8, 4) is 22.4 Å². The second kappa shape index (κ2) is 5.28. The molecule has 4 nitrogen and oxygen atoms in total. The Bertz CT molecular complexity index is 797. The van der Waals surface area contributed by atoms with Crippen LogP contribution >= 0.6 is 0 Å². The number of aldehydes is 1. The molecule has 3 rings (SSSR count). The van der Waals surface area contributed by atoms with Crippen LogP contribution in [0.25, 0.3) is 22.4 Å². The molecule has 2 heterocycles. The highest BCUT2D eigenvalue weighted by molar-refractivity contribution is 5.93. The zero-order valence-corrected chi connectivity index (χ0v) is 11.3. The minimum Gasteiger partial charge on any atom is -0.296 e. The van der Waals surface area contributed by atoms with E-state index in [1.165, 1.54) is 12.1 Å². The third-order valence-electron chi connectivity index (χ3n) is 3.25. The number of benzene rings is 1. The SMILES string of the molecule is Cn1nc(C=O)c(-c2ccncc2)c1-c1cccc(F)c1. The summed E-state index contributed by atoms with van der Waals surface area (Å²) in [6.45, 7) is 0. The second-order valence-electron chi connectivity index (χ2n) is 4.60. The van der Waals surface area contributed by atoms with Crippen molar-refractivity contribution in [2.45, 2.75) is 0 Å².